The number of para-hydroxylation sites is 1. The fourth-order valence-electron chi connectivity index (χ4n) is 3.13. The molecule has 142 valence electrons. The predicted molar refractivity (Wildman–Crippen MR) is 87.8 cm³/mol. The average molecular weight is 380 g/mol. The Morgan fingerprint density at radius 2 is 1.63 bits per heavy atom. The van der Waals surface area contributed by atoms with Crippen molar-refractivity contribution >= 4 is 11.8 Å². The molecule has 4 N–H and O–H groups in total. The zero-order valence-corrected chi connectivity index (χ0v) is 13.7. The molecular weight excluding hydrogens is 365 g/mol. The minimum Gasteiger partial charge on any atom is -0.508 e. The van der Waals surface area contributed by atoms with Gasteiger partial charge in [-0.2, -0.15) is 13.2 Å². The van der Waals surface area contributed by atoms with E-state index in [-0.39, 0.29) is 11.1 Å². The summed E-state index contributed by atoms with van der Waals surface area (Å²) in [4.78, 5) is 24.8. The van der Waals surface area contributed by atoms with Crippen LogP contribution < -0.4 is 10.6 Å². The molecule has 0 saturated carbocycles. The van der Waals surface area contributed by atoms with Crippen LogP contribution in [0.3, 0.4) is 0 Å². The highest BCUT2D eigenvalue weighted by atomic mass is 19.4. The molecule has 0 radical (unpaired) electrons. The third-order valence-electron chi connectivity index (χ3n) is 4.42. The first-order chi connectivity index (χ1) is 12.6. The van der Waals surface area contributed by atoms with Crippen LogP contribution in [0.1, 0.15) is 22.0 Å². The van der Waals surface area contributed by atoms with Crippen LogP contribution in [0.2, 0.25) is 0 Å². The van der Waals surface area contributed by atoms with E-state index in [2.05, 4.69) is 5.32 Å². The number of rotatable bonds is 3. The van der Waals surface area contributed by atoms with Crippen LogP contribution in [-0.2, 0) is 0 Å². The number of carbonyl (C=O) groups excluding carboxylic acids is 2. The zero-order chi connectivity index (χ0) is 19.8. The molecule has 2 aromatic carbocycles. The van der Waals surface area contributed by atoms with E-state index in [0.717, 1.165) is 0 Å². The molecule has 0 aliphatic carbocycles. The van der Waals surface area contributed by atoms with Gasteiger partial charge in [0.2, 0.25) is 5.72 Å². The Hall–Kier alpha value is -3.07. The van der Waals surface area contributed by atoms with Gasteiger partial charge in [0.25, 0.3) is 0 Å². The highest BCUT2D eigenvalue weighted by molar-refractivity contribution is 6.00. The van der Waals surface area contributed by atoms with E-state index in [9.17, 15) is 33.0 Å². The molecule has 1 heterocycles. The van der Waals surface area contributed by atoms with Crippen LogP contribution in [0, 0.1) is 5.92 Å². The van der Waals surface area contributed by atoms with Gasteiger partial charge in [0.05, 0.1) is 6.04 Å². The van der Waals surface area contributed by atoms with Gasteiger partial charge in [-0.15, -0.1) is 0 Å². The number of benzene rings is 2. The first kappa shape index (κ1) is 18.7. The minimum atomic E-state index is -5.34. The van der Waals surface area contributed by atoms with Crippen molar-refractivity contribution in [2.45, 2.75) is 17.9 Å². The maximum Gasteiger partial charge on any atom is 0.437 e. The Balaban J connectivity index is 2.19. The van der Waals surface area contributed by atoms with Gasteiger partial charge in [-0.25, -0.2) is 4.79 Å². The molecule has 1 aliphatic rings. The second-order valence-corrected chi connectivity index (χ2v) is 6.11. The molecule has 2 amide bonds. The lowest BCUT2D eigenvalue weighted by molar-refractivity contribution is -0.287. The summed E-state index contributed by atoms with van der Waals surface area (Å²) >= 11 is 0. The Bertz CT molecular complexity index is 872. The van der Waals surface area contributed by atoms with E-state index in [1.165, 1.54) is 53.8 Å². The van der Waals surface area contributed by atoms with Crippen molar-refractivity contribution in [1.29, 1.82) is 0 Å². The molecule has 0 aromatic heterocycles. The smallest absolute Gasteiger partial charge is 0.437 e. The lowest BCUT2D eigenvalue weighted by atomic mass is 9.77. The zero-order valence-electron chi connectivity index (χ0n) is 13.7. The van der Waals surface area contributed by atoms with Gasteiger partial charge in [-0.3, -0.25) is 4.79 Å². The van der Waals surface area contributed by atoms with Crippen LogP contribution >= 0.6 is 0 Å². The highest BCUT2D eigenvalue weighted by Gasteiger charge is 2.66. The summed E-state index contributed by atoms with van der Waals surface area (Å²) in [6.07, 6.45) is -5.34. The highest BCUT2D eigenvalue weighted by Crippen LogP contribution is 2.45. The van der Waals surface area contributed by atoms with Gasteiger partial charge in [0, 0.05) is 11.1 Å². The number of Topliss-reactive ketones (excluding diaryl/α,β-unsaturated/α-hetero) is 1. The van der Waals surface area contributed by atoms with Crippen molar-refractivity contribution in [1.82, 2.24) is 10.6 Å². The van der Waals surface area contributed by atoms with Crippen LogP contribution in [0.25, 0.3) is 0 Å². The van der Waals surface area contributed by atoms with Crippen molar-refractivity contribution in [2.75, 3.05) is 0 Å². The van der Waals surface area contributed by atoms with Gasteiger partial charge in [-0.1, -0.05) is 48.5 Å². The van der Waals surface area contributed by atoms with Crippen molar-refractivity contribution < 1.29 is 33.0 Å². The van der Waals surface area contributed by atoms with Crippen molar-refractivity contribution in [3.05, 3.63) is 65.7 Å². The second-order valence-electron chi connectivity index (χ2n) is 6.11. The Labute approximate surface area is 151 Å². The van der Waals surface area contributed by atoms with E-state index in [4.69, 9.17) is 0 Å². The molecule has 6 nitrogen and oxygen atoms in total. The molecule has 1 aliphatic heterocycles. The standard InChI is InChI=1S/C18H15F3N2O4/c19-18(20,21)17(27)13(15(25)10-6-2-1-3-7-10)14(22-16(26)23-17)11-8-4-5-9-12(11)24/h1-9,13-14,24,27H,(H2,22,23,26)/t13-,14+,17+/m1/s1. The largest absolute Gasteiger partial charge is 0.508 e. The number of phenols is 1. The van der Waals surface area contributed by atoms with E-state index in [0.29, 0.717) is 0 Å². The van der Waals surface area contributed by atoms with E-state index in [1.54, 1.807) is 6.07 Å². The van der Waals surface area contributed by atoms with Gasteiger partial charge in [-0.05, 0) is 6.07 Å². The van der Waals surface area contributed by atoms with Crippen molar-refractivity contribution in [3.8, 4) is 5.75 Å². The number of carbonyl (C=O) groups is 2. The summed E-state index contributed by atoms with van der Waals surface area (Å²) in [5.74, 6) is -3.64. The first-order valence-corrected chi connectivity index (χ1v) is 7.90. The summed E-state index contributed by atoms with van der Waals surface area (Å²) in [6, 6.07) is 9.52. The molecule has 9 heteroatoms. The second kappa shape index (κ2) is 6.58. The lowest BCUT2D eigenvalue weighted by Crippen LogP contribution is -2.72. The van der Waals surface area contributed by atoms with Crippen LogP contribution in [0.15, 0.2) is 54.6 Å². The molecule has 0 bridgehead atoms. The number of aromatic hydroxyl groups is 1. The topological polar surface area (TPSA) is 98.7 Å². The molecule has 1 saturated heterocycles. The number of hydrogen-bond acceptors (Lipinski definition) is 4. The molecular formula is C18H15F3N2O4. The number of nitrogens with one attached hydrogen (secondary N) is 2. The number of halogens is 3. The summed E-state index contributed by atoms with van der Waals surface area (Å²) < 4.78 is 41.1. The molecule has 0 spiro atoms. The van der Waals surface area contributed by atoms with E-state index in [1.807, 2.05) is 0 Å². The van der Waals surface area contributed by atoms with Crippen molar-refractivity contribution in [3.63, 3.8) is 0 Å². The Morgan fingerprint density at radius 3 is 2.22 bits per heavy atom. The SMILES string of the molecule is O=C1N[C@@H](c2ccccc2O)[C@H](C(=O)c2ccccc2)[C@](O)(C(F)(F)F)N1. The number of aliphatic hydroxyl groups is 1. The molecule has 3 rings (SSSR count). The maximum atomic E-state index is 13.7. The summed E-state index contributed by atoms with van der Waals surface area (Å²) in [5, 5.41) is 24.1. The maximum absolute atomic E-state index is 13.7. The summed E-state index contributed by atoms with van der Waals surface area (Å²) in [7, 11) is 0. The molecule has 3 atom stereocenters. The third-order valence-corrected chi connectivity index (χ3v) is 4.42. The minimum absolute atomic E-state index is 0.0801. The number of amides is 2. The molecule has 1 fully saturated rings. The van der Waals surface area contributed by atoms with Crippen molar-refractivity contribution in [2.24, 2.45) is 5.92 Å². The van der Waals surface area contributed by atoms with Gasteiger partial charge >= 0.3 is 12.2 Å². The van der Waals surface area contributed by atoms with Gasteiger partial charge < -0.3 is 20.8 Å². The number of hydrogen-bond donors (Lipinski definition) is 4. The van der Waals surface area contributed by atoms with E-state index < -0.39 is 41.4 Å². The quantitative estimate of drug-likeness (QED) is 0.615. The van der Waals surface area contributed by atoms with Crippen LogP contribution in [0.4, 0.5) is 18.0 Å². The Morgan fingerprint density at radius 1 is 1.04 bits per heavy atom. The summed E-state index contributed by atoms with van der Waals surface area (Å²) in [5.41, 5.74) is -4.03. The van der Waals surface area contributed by atoms with Gasteiger partial charge in [0.15, 0.2) is 5.78 Å². The normalized spacial score (nSPS) is 25.4. The van der Waals surface area contributed by atoms with Gasteiger partial charge in [0.1, 0.15) is 11.7 Å². The first-order valence-electron chi connectivity index (χ1n) is 7.90. The average Bonchev–Trinajstić information content (AvgIpc) is 2.61. The number of phenolic OH excluding ortho intramolecular Hbond substituents is 1. The fraction of sp³-hybridized carbons (Fsp3) is 0.222. The predicted octanol–water partition coefficient (Wildman–Crippen LogP) is 2.50. The van der Waals surface area contributed by atoms with Crippen LogP contribution in [0.5, 0.6) is 5.75 Å². The third kappa shape index (κ3) is 3.21. The van der Waals surface area contributed by atoms with E-state index >= 15 is 0 Å². The monoisotopic (exact) mass is 380 g/mol. The Kier molecular flexibility index (Phi) is 4.56. The number of ketones is 1. The summed E-state index contributed by atoms with van der Waals surface area (Å²) in [6.45, 7) is 0. The molecule has 0 unspecified atom stereocenters. The number of alkyl halides is 3. The van der Waals surface area contributed by atoms with Crippen LogP contribution in [-0.4, -0.2) is 33.9 Å². The lowest BCUT2D eigenvalue weighted by Gasteiger charge is -2.45. The fourth-order valence-corrected chi connectivity index (χ4v) is 3.13. The number of urea groups is 1. The molecule has 27 heavy (non-hydrogen) atoms. The molecule has 2 aromatic rings.